The average molecular weight is 373 g/mol. The standard InChI is InChI=1S/C24H40N2O/c1-3-5-14-20(11-4-2)24(17-18-24)23(27)26-22-16-10-15-21(25-22)19-12-8-6-7-9-13-19/h12,14-15,22-23,25-27H,3-11,13,16-18H2,1-2H3/b20-14+. The molecule has 3 N–H and O–H groups in total. The number of nitrogens with one attached hydrogen (secondary N) is 2. The molecule has 3 heteroatoms. The van der Waals surface area contributed by atoms with Crippen LogP contribution in [0.15, 0.2) is 35.1 Å². The van der Waals surface area contributed by atoms with Crippen molar-refractivity contribution in [3.8, 4) is 0 Å². The van der Waals surface area contributed by atoms with Crippen LogP contribution in [0.1, 0.15) is 97.3 Å². The topological polar surface area (TPSA) is 44.3 Å². The molecule has 0 spiro atoms. The Hall–Kier alpha value is -1.06. The highest BCUT2D eigenvalue weighted by Gasteiger charge is 2.51. The van der Waals surface area contributed by atoms with Crippen LogP contribution in [0, 0.1) is 5.41 Å². The number of aliphatic hydroxyl groups is 1. The number of hydrogen-bond donors (Lipinski definition) is 3. The molecular formula is C24H40N2O. The summed E-state index contributed by atoms with van der Waals surface area (Å²) in [5.41, 5.74) is 4.29. The van der Waals surface area contributed by atoms with Gasteiger partial charge in [0.1, 0.15) is 6.23 Å². The molecule has 0 amide bonds. The van der Waals surface area contributed by atoms with Gasteiger partial charge in [0.15, 0.2) is 0 Å². The maximum Gasteiger partial charge on any atom is 0.115 e. The van der Waals surface area contributed by atoms with Crippen LogP contribution in [0.4, 0.5) is 0 Å². The Balaban J connectivity index is 1.61. The maximum atomic E-state index is 11.1. The predicted octanol–water partition coefficient (Wildman–Crippen LogP) is 5.69. The van der Waals surface area contributed by atoms with Crippen molar-refractivity contribution in [3.05, 3.63) is 35.1 Å². The van der Waals surface area contributed by atoms with Crippen LogP contribution in [0.2, 0.25) is 0 Å². The van der Waals surface area contributed by atoms with Gasteiger partial charge in [0, 0.05) is 11.1 Å². The van der Waals surface area contributed by atoms with E-state index in [4.69, 9.17) is 0 Å². The molecule has 0 bridgehead atoms. The second-order valence-electron chi connectivity index (χ2n) is 8.71. The lowest BCUT2D eigenvalue weighted by Crippen LogP contribution is -2.51. The number of rotatable bonds is 9. The minimum atomic E-state index is -0.438. The van der Waals surface area contributed by atoms with E-state index in [9.17, 15) is 5.11 Å². The van der Waals surface area contributed by atoms with Crippen molar-refractivity contribution < 1.29 is 5.11 Å². The first-order chi connectivity index (χ1) is 13.2. The molecule has 27 heavy (non-hydrogen) atoms. The number of aliphatic hydroxyl groups excluding tert-OH is 1. The SMILES string of the molecule is CCC/C=C(\CCC)C1(C(O)NC2CCC=C(C3=CCCCCC3)N2)CC1. The smallest absolute Gasteiger partial charge is 0.115 e. The number of hydrogen-bond acceptors (Lipinski definition) is 3. The zero-order valence-electron chi connectivity index (χ0n) is 17.5. The monoisotopic (exact) mass is 372 g/mol. The Kier molecular flexibility index (Phi) is 7.60. The molecule has 3 nitrogen and oxygen atoms in total. The summed E-state index contributed by atoms with van der Waals surface area (Å²) in [5, 5.41) is 18.4. The Morgan fingerprint density at radius 2 is 2.07 bits per heavy atom. The van der Waals surface area contributed by atoms with Gasteiger partial charge < -0.3 is 10.4 Å². The fourth-order valence-electron chi connectivity index (χ4n) is 4.72. The molecule has 1 saturated carbocycles. The summed E-state index contributed by atoms with van der Waals surface area (Å²) in [5.74, 6) is 0. The van der Waals surface area contributed by atoms with Gasteiger partial charge in [-0.1, -0.05) is 56.9 Å². The van der Waals surface area contributed by atoms with Crippen LogP contribution in [-0.4, -0.2) is 17.5 Å². The Morgan fingerprint density at radius 3 is 2.81 bits per heavy atom. The van der Waals surface area contributed by atoms with Crippen molar-refractivity contribution in [3.63, 3.8) is 0 Å². The van der Waals surface area contributed by atoms with E-state index in [2.05, 4.69) is 42.7 Å². The van der Waals surface area contributed by atoms with E-state index >= 15 is 0 Å². The Morgan fingerprint density at radius 1 is 1.22 bits per heavy atom. The normalized spacial score (nSPS) is 26.5. The third kappa shape index (κ3) is 5.26. The molecule has 3 aliphatic rings. The molecule has 0 aromatic heterocycles. The number of allylic oxidation sites excluding steroid dienone is 4. The summed E-state index contributed by atoms with van der Waals surface area (Å²) < 4.78 is 0. The molecule has 2 unspecified atom stereocenters. The highest BCUT2D eigenvalue weighted by Crippen LogP contribution is 2.55. The summed E-state index contributed by atoms with van der Waals surface area (Å²) >= 11 is 0. The van der Waals surface area contributed by atoms with E-state index in [1.54, 1.807) is 0 Å². The van der Waals surface area contributed by atoms with Crippen LogP contribution in [0.5, 0.6) is 0 Å². The molecule has 0 saturated heterocycles. The van der Waals surface area contributed by atoms with Gasteiger partial charge in [0.05, 0.1) is 6.17 Å². The summed E-state index contributed by atoms with van der Waals surface area (Å²) in [6, 6.07) is 0. The predicted molar refractivity (Wildman–Crippen MR) is 114 cm³/mol. The molecule has 1 heterocycles. The summed E-state index contributed by atoms with van der Waals surface area (Å²) in [7, 11) is 0. The molecular weight excluding hydrogens is 332 g/mol. The van der Waals surface area contributed by atoms with Gasteiger partial charge in [-0.05, 0) is 69.8 Å². The summed E-state index contributed by atoms with van der Waals surface area (Å²) in [6.45, 7) is 4.48. The van der Waals surface area contributed by atoms with Crippen LogP contribution in [0.25, 0.3) is 0 Å². The van der Waals surface area contributed by atoms with E-state index in [-0.39, 0.29) is 11.6 Å². The molecule has 0 aromatic carbocycles. The van der Waals surface area contributed by atoms with Crippen molar-refractivity contribution in [1.29, 1.82) is 0 Å². The fourth-order valence-corrected chi connectivity index (χ4v) is 4.72. The van der Waals surface area contributed by atoms with E-state index in [1.807, 2.05) is 0 Å². The highest BCUT2D eigenvalue weighted by molar-refractivity contribution is 5.32. The minimum absolute atomic E-state index is 0.00420. The van der Waals surface area contributed by atoms with Crippen LogP contribution in [-0.2, 0) is 0 Å². The summed E-state index contributed by atoms with van der Waals surface area (Å²) in [6.07, 6.45) is 22.3. The maximum absolute atomic E-state index is 11.1. The molecule has 0 aromatic rings. The van der Waals surface area contributed by atoms with Crippen molar-refractivity contribution in [1.82, 2.24) is 10.6 Å². The fraction of sp³-hybridized carbons (Fsp3) is 0.750. The van der Waals surface area contributed by atoms with Crippen molar-refractivity contribution in [2.75, 3.05) is 0 Å². The highest BCUT2D eigenvalue weighted by atomic mass is 16.3. The third-order valence-corrected chi connectivity index (χ3v) is 6.53. The summed E-state index contributed by atoms with van der Waals surface area (Å²) in [4.78, 5) is 0. The lowest BCUT2D eigenvalue weighted by atomic mass is 9.88. The molecule has 0 radical (unpaired) electrons. The lowest BCUT2D eigenvalue weighted by molar-refractivity contribution is 0.0581. The van der Waals surface area contributed by atoms with E-state index in [0.717, 1.165) is 44.9 Å². The van der Waals surface area contributed by atoms with E-state index in [0.29, 0.717) is 0 Å². The Labute approximate surface area is 166 Å². The van der Waals surface area contributed by atoms with Gasteiger partial charge in [-0.25, -0.2) is 0 Å². The van der Waals surface area contributed by atoms with Gasteiger partial charge >= 0.3 is 0 Å². The minimum Gasteiger partial charge on any atom is -0.378 e. The van der Waals surface area contributed by atoms with Gasteiger partial charge in [-0.15, -0.1) is 0 Å². The Bertz CT molecular complexity index is 571. The van der Waals surface area contributed by atoms with E-state index in [1.165, 1.54) is 55.4 Å². The largest absolute Gasteiger partial charge is 0.378 e. The van der Waals surface area contributed by atoms with Gasteiger partial charge in [-0.2, -0.15) is 0 Å². The van der Waals surface area contributed by atoms with Crippen LogP contribution in [0.3, 0.4) is 0 Å². The lowest BCUT2D eigenvalue weighted by Gasteiger charge is -2.34. The molecule has 2 aliphatic carbocycles. The molecule has 1 aliphatic heterocycles. The number of unbranched alkanes of at least 4 members (excludes halogenated alkanes) is 1. The second-order valence-corrected chi connectivity index (χ2v) is 8.71. The van der Waals surface area contributed by atoms with Crippen molar-refractivity contribution in [2.24, 2.45) is 5.41 Å². The van der Waals surface area contributed by atoms with Crippen LogP contribution >= 0.6 is 0 Å². The second kappa shape index (κ2) is 9.93. The zero-order valence-corrected chi connectivity index (χ0v) is 17.5. The molecule has 152 valence electrons. The van der Waals surface area contributed by atoms with E-state index < -0.39 is 6.23 Å². The quantitative estimate of drug-likeness (QED) is 0.360. The van der Waals surface area contributed by atoms with Crippen LogP contribution < -0.4 is 10.6 Å². The van der Waals surface area contributed by atoms with Gasteiger partial charge in [0.25, 0.3) is 0 Å². The first-order valence-electron chi connectivity index (χ1n) is 11.5. The van der Waals surface area contributed by atoms with Crippen molar-refractivity contribution in [2.45, 2.75) is 110 Å². The first kappa shape index (κ1) is 20.7. The van der Waals surface area contributed by atoms with Gasteiger partial charge in [0.2, 0.25) is 0 Å². The van der Waals surface area contributed by atoms with Crippen molar-refractivity contribution >= 4 is 0 Å². The average Bonchev–Trinajstić information content (AvgIpc) is 3.50. The molecule has 3 rings (SSSR count). The third-order valence-electron chi connectivity index (χ3n) is 6.53. The zero-order chi connectivity index (χ0) is 19.1. The first-order valence-corrected chi connectivity index (χ1v) is 11.5. The van der Waals surface area contributed by atoms with Gasteiger partial charge in [-0.3, -0.25) is 5.32 Å². The molecule has 2 atom stereocenters. The molecule has 1 fully saturated rings.